The van der Waals surface area contributed by atoms with E-state index in [4.69, 9.17) is 23.7 Å². The van der Waals surface area contributed by atoms with E-state index in [0.29, 0.717) is 11.1 Å². The lowest BCUT2D eigenvalue weighted by Crippen LogP contribution is -2.81. The van der Waals surface area contributed by atoms with E-state index in [1.807, 2.05) is 0 Å². The predicted molar refractivity (Wildman–Crippen MR) is 211 cm³/mol. The molecule has 14 nitrogen and oxygen atoms in total. The molecule has 14 heteroatoms. The Labute approximate surface area is 344 Å². The molecule has 1 aliphatic heterocycles. The van der Waals surface area contributed by atoms with Crippen molar-refractivity contribution in [2.24, 2.45) is 28.6 Å². The predicted octanol–water partition coefficient (Wildman–Crippen LogP) is 4.78. The van der Waals surface area contributed by atoms with Gasteiger partial charge in [0.25, 0.3) is 0 Å². The van der Waals surface area contributed by atoms with Crippen molar-refractivity contribution >= 4 is 29.8 Å². The largest absolute Gasteiger partial charge is 0.458 e. The number of carbonyl (C=O) groups excluding carboxylic acids is 5. The summed E-state index contributed by atoms with van der Waals surface area (Å²) >= 11 is 0. The van der Waals surface area contributed by atoms with Gasteiger partial charge in [-0.05, 0) is 68.9 Å². The van der Waals surface area contributed by atoms with E-state index in [1.165, 1.54) is 19.1 Å². The number of ether oxygens (including phenoxy) is 5. The minimum atomic E-state index is -2.19. The van der Waals surface area contributed by atoms with Crippen molar-refractivity contribution < 1.29 is 63.0 Å². The molecule has 0 aromatic heterocycles. The summed E-state index contributed by atoms with van der Waals surface area (Å²) in [6.45, 7) is 11.6. The zero-order valence-electron chi connectivity index (χ0n) is 35.0. The molecule has 59 heavy (non-hydrogen) atoms. The molecular formula is C45H57NO13. The number of carbonyl (C=O) groups is 5. The highest BCUT2D eigenvalue weighted by molar-refractivity contribution is 5.92. The Bertz CT molecular complexity index is 1980. The zero-order chi connectivity index (χ0) is 43.3. The minimum Gasteiger partial charge on any atom is -0.458 e. The first-order valence-corrected chi connectivity index (χ1v) is 20.1. The van der Waals surface area contributed by atoms with Crippen LogP contribution in [0, 0.1) is 28.6 Å². The molecule has 320 valence electrons. The zero-order valence-corrected chi connectivity index (χ0v) is 35.0. The molecule has 2 aromatic carbocycles. The highest BCUT2D eigenvalue weighted by Gasteiger charge is 2.77. The lowest BCUT2D eigenvalue weighted by Gasteiger charge is -2.68. The molecule has 3 fully saturated rings. The summed E-state index contributed by atoms with van der Waals surface area (Å²) in [5, 5.41) is 38.6. The lowest BCUT2D eigenvalue weighted by molar-refractivity contribution is -0.342. The SMILES string of the molecule is CC(=O)O[C@@]12CO[C@@H]1CC(CO)[C@@]1(C)C(=O)[C@H](CO)C3=C(C)[C@@H](OC(=O)C[C@@H](NC(=O)OC(C)(C)C)c4ccccc4)C[C@@](O)([C@@H](OC(=O)c4ccccc4)[C@H]21)C3(C)C. The second kappa shape index (κ2) is 16.1. The van der Waals surface area contributed by atoms with Gasteiger partial charge in [-0.2, -0.15) is 0 Å². The Hall–Kier alpha value is -4.63. The molecular weight excluding hydrogens is 762 g/mol. The Morgan fingerprint density at radius 3 is 2.12 bits per heavy atom. The van der Waals surface area contributed by atoms with Crippen molar-refractivity contribution in [2.45, 2.75) is 116 Å². The molecule has 4 N–H and O–H groups in total. The summed E-state index contributed by atoms with van der Waals surface area (Å²) in [5.74, 6) is -6.28. The van der Waals surface area contributed by atoms with Gasteiger partial charge in [0, 0.05) is 30.8 Å². The maximum Gasteiger partial charge on any atom is 0.408 e. The van der Waals surface area contributed by atoms with Gasteiger partial charge in [-0.15, -0.1) is 0 Å². The van der Waals surface area contributed by atoms with Crippen LogP contribution in [-0.2, 0) is 38.1 Å². The van der Waals surface area contributed by atoms with Crippen molar-refractivity contribution in [1.82, 2.24) is 5.32 Å². The van der Waals surface area contributed by atoms with Crippen LogP contribution < -0.4 is 5.32 Å². The van der Waals surface area contributed by atoms with Crippen molar-refractivity contribution in [3.8, 4) is 0 Å². The molecule has 0 radical (unpaired) electrons. The number of alkyl carbamates (subject to hydrolysis) is 1. The molecule has 1 heterocycles. The Morgan fingerprint density at radius 2 is 1.58 bits per heavy atom. The highest BCUT2D eigenvalue weighted by Crippen LogP contribution is 2.66. The van der Waals surface area contributed by atoms with Gasteiger partial charge >= 0.3 is 24.0 Å². The molecule has 2 bridgehead atoms. The molecule has 1 saturated heterocycles. The smallest absolute Gasteiger partial charge is 0.408 e. The number of hydrogen-bond donors (Lipinski definition) is 4. The molecule has 3 aliphatic carbocycles. The number of rotatable bonds is 10. The molecule has 4 aliphatic rings. The first-order valence-electron chi connectivity index (χ1n) is 20.1. The van der Waals surface area contributed by atoms with E-state index in [-0.39, 0.29) is 37.0 Å². The van der Waals surface area contributed by atoms with Gasteiger partial charge in [-0.25, -0.2) is 9.59 Å². The number of amides is 1. The lowest BCUT2D eigenvalue weighted by atomic mass is 9.42. The standard InChI is InChI=1S/C45H57NO13/c1-25-32(56-34(50)20-31(27-15-11-9-12-16-27)46-40(53)59-41(3,4)5)21-45(54)38(57-39(52)28-17-13-10-14-18-28)36-43(8,37(51)30(23-48)35(25)42(45,6)7)29(22-47)19-33-44(36,24-55-33)58-26(2)49/h9-18,29-33,36,38,47-48,54H,19-24H2,1-8H3,(H,46,53)/t29?,30-,31-,32+,33-,36+,38+,43-,44+,45-/m1/s1. The Morgan fingerprint density at radius 1 is 0.949 bits per heavy atom. The first-order chi connectivity index (χ1) is 27.6. The van der Waals surface area contributed by atoms with Crippen LogP contribution in [0.5, 0.6) is 0 Å². The van der Waals surface area contributed by atoms with Crippen LogP contribution in [0.3, 0.4) is 0 Å². The van der Waals surface area contributed by atoms with Crippen LogP contribution in [0.25, 0.3) is 0 Å². The highest BCUT2D eigenvalue weighted by atomic mass is 16.6. The van der Waals surface area contributed by atoms with E-state index in [0.717, 1.165) is 0 Å². The molecule has 0 spiro atoms. The average molecular weight is 820 g/mol. The van der Waals surface area contributed by atoms with Gasteiger partial charge in [0.15, 0.2) is 5.60 Å². The quantitative estimate of drug-likeness (QED) is 0.145. The summed E-state index contributed by atoms with van der Waals surface area (Å²) in [6, 6.07) is 16.0. The van der Waals surface area contributed by atoms with E-state index in [2.05, 4.69) is 5.32 Å². The van der Waals surface area contributed by atoms with E-state index in [1.54, 1.807) is 97.0 Å². The second-order valence-corrected chi connectivity index (χ2v) is 18.2. The van der Waals surface area contributed by atoms with Crippen LogP contribution in [0.1, 0.15) is 96.6 Å². The van der Waals surface area contributed by atoms with E-state index in [9.17, 15) is 34.5 Å². The number of benzene rings is 2. The second-order valence-electron chi connectivity index (χ2n) is 18.2. The van der Waals surface area contributed by atoms with Gasteiger partial charge in [-0.3, -0.25) is 14.4 Å². The summed E-state index contributed by atoms with van der Waals surface area (Å²) in [7, 11) is 0. The number of aliphatic hydroxyl groups is 3. The Kier molecular flexibility index (Phi) is 12.0. The molecule has 1 amide bonds. The number of aliphatic hydroxyl groups excluding tert-OH is 2. The number of Topliss-reactive ketones (excluding diaryl/α,β-unsaturated/α-hetero) is 1. The monoisotopic (exact) mass is 819 g/mol. The number of esters is 3. The van der Waals surface area contributed by atoms with Crippen molar-refractivity contribution in [2.75, 3.05) is 19.8 Å². The third-order valence-corrected chi connectivity index (χ3v) is 13.2. The molecule has 1 unspecified atom stereocenters. The summed E-state index contributed by atoms with van der Waals surface area (Å²) < 4.78 is 30.3. The fourth-order valence-corrected chi connectivity index (χ4v) is 10.3. The van der Waals surface area contributed by atoms with Gasteiger partial charge in [0.05, 0.1) is 43.1 Å². The maximum absolute atomic E-state index is 15.5. The summed E-state index contributed by atoms with van der Waals surface area (Å²) in [5.41, 5.74) is -6.31. The van der Waals surface area contributed by atoms with Gasteiger partial charge in [0.1, 0.15) is 35.3 Å². The van der Waals surface area contributed by atoms with Crippen LogP contribution in [0.2, 0.25) is 0 Å². The fourth-order valence-electron chi connectivity index (χ4n) is 10.3. The van der Waals surface area contributed by atoms with Crippen molar-refractivity contribution in [3.05, 3.63) is 82.9 Å². The number of fused-ring (bicyclic) bond motifs is 5. The summed E-state index contributed by atoms with van der Waals surface area (Å²) in [4.78, 5) is 69.8. The topological polar surface area (TPSA) is 204 Å². The van der Waals surface area contributed by atoms with Gasteiger partial charge < -0.3 is 44.3 Å². The molecule has 2 saturated carbocycles. The van der Waals surface area contributed by atoms with Crippen LogP contribution in [0.15, 0.2) is 71.8 Å². The average Bonchev–Trinajstić information content (AvgIpc) is 3.16. The normalized spacial score (nSPS) is 32.8. The van der Waals surface area contributed by atoms with Crippen LogP contribution in [0.4, 0.5) is 4.79 Å². The third kappa shape index (κ3) is 7.69. The van der Waals surface area contributed by atoms with E-state index < -0.39 is 113 Å². The third-order valence-electron chi connectivity index (χ3n) is 13.2. The number of nitrogens with one attached hydrogen (secondary N) is 1. The molecule has 6 rings (SSSR count). The van der Waals surface area contributed by atoms with Crippen LogP contribution >= 0.6 is 0 Å². The van der Waals surface area contributed by atoms with Gasteiger partial charge in [-0.1, -0.05) is 69.3 Å². The molecule has 10 atom stereocenters. The van der Waals surface area contributed by atoms with Crippen molar-refractivity contribution in [3.63, 3.8) is 0 Å². The summed E-state index contributed by atoms with van der Waals surface area (Å²) in [6.07, 6.45) is -5.08. The first kappa shape index (κ1) is 43.9. The van der Waals surface area contributed by atoms with Gasteiger partial charge in [0.2, 0.25) is 0 Å². The minimum absolute atomic E-state index is 0.0972. The maximum atomic E-state index is 15.5. The fraction of sp³-hybridized carbons (Fsp3) is 0.578. The van der Waals surface area contributed by atoms with Crippen molar-refractivity contribution in [1.29, 1.82) is 0 Å². The molecule has 2 aromatic rings. The number of ketones is 1. The Balaban J connectivity index is 1.50. The van der Waals surface area contributed by atoms with E-state index >= 15 is 4.79 Å². The van der Waals surface area contributed by atoms with Crippen LogP contribution in [-0.4, -0.2) is 100 Å². The number of hydrogen-bond acceptors (Lipinski definition) is 13.